The number of aromatic hydroxyl groups is 1. The van der Waals surface area contributed by atoms with Crippen LogP contribution in [0.1, 0.15) is 5.82 Å². The number of rotatable bonds is 0. The summed E-state index contributed by atoms with van der Waals surface area (Å²) in [5.74, 6) is -0.144. The van der Waals surface area contributed by atoms with Crippen LogP contribution in [0.2, 0.25) is 10.0 Å². The van der Waals surface area contributed by atoms with Gasteiger partial charge in [0.05, 0.1) is 10.5 Å². The molecule has 1 aromatic carbocycles. The van der Waals surface area contributed by atoms with Gasteiger partial charge >= 0.3 is 0 Å². The number of phenols is 1. The lowest BCUT2D eigenvalue weighted by molar-refractivity contribution is 0.476. The molecule has 8 heteroatoms. The molecule has 16 heavy (non-hydrogen) atoms. The monoisotopic (exact) mass is 318 g/mol. The molecule has 2 rings (SSSR count). The summed E-state index contributed by atoms with van der Waals surface area (Å²) in [5, 5.41) is 9.61. The summed E-state index contributed by atoms with van der Waals surface area (Å²) in [6.45, 7) is 0. The lowest BCUT2D eigenvalue weighted by Crippen LogP contribution is -2.02. The van der Waals surface area contributed by atoms with Crippen LogP contribution in [-0.4, -0.2) is 15.1 Å². The number of alkyl halides is 3. The van der Waals surface area contributed by atoms with E-state index in [-0.39, 0.29) is 21.6 Å². The number of hydrogen-bond donors (Lipinski definition) is 2. The zero-order valence-electron chi connectivity index (χ0n) is 7.36. The summed E-state index contributed by atoms with van der Waals surface area (Å²) < 4.78 is -1.69. The average molecular weight is 320 g/mol. The molecule has 0 unspecified atom stereocenters. The summed E-state index contributed by atoms with van der Waals surface area (Å²) in [7, 11) is 0. The molecular formula is C8H3Cl5N2O. The van der Waals surface area contributed by atoms with Crippen LogP contribution in [0.3, 0.4) is 0 Å². The van der Waals surface area contributed by atoms with E-state index < -0.39 is 3.79 Å². The van der Waals surface area contributed by atoms with E-state index in [1.54, 1.807) is 0 Å². The van der Waals surface area contributed by atoms with Crippen LogP contribution in [0.5, 0.6) is 5.75 Å². The molecule has 1 aromatic heterocycles. The largest absolute Gasteiger partial charge is 0.505 e. The van der Waals surface area contributed by atoms with Crippen molar-refractivity contribution in [3.63, 3.8) is 0 Å². The number of nitrogens with one attached hydrogen (secondary N) is 1. The minimum Gasteiger partial charge on any atom is -0.505 e. The van der Waals surface area contributed by atoms with Gasteiger partial charge in [0.2, 0.25) is 3.79 Å². The molecule has 0 fully saturated rings. The third-order valence-electron chi connectivity index (χ3n) is 1.91. The van der Waals surface area contributed by atoms with Crippen molar-refractivity contribution in [2.75, 3.05) is 0 Å². The molecule has 0 atom stereocenters. The second kappa shape index (κ2) is 4.00. The number of phenolic OH excluding ortho intramolecular Hbond substituents is 1. The number of nitrogens with zero attached hydrogens (tertiary/aromatic N) is 1. The quantitative estimate of drug-likeness (QED) is 0.707. The standard InChI is InChI=1S/C8H3Cl5N2O/c9-2-1-3-5(4(10)6(2)16)15-7(14-3)8(11,12)13/h1,16H,(H,14,15). The van der Waals surface area contributed by atoms with E-state index in [1.807, 2.05) is 0 Å². The molecule has 0 amide bonds. The maximum atomic E-state index is 9.50. The van der Waals surface area contributed by atoms with Crippen molar-refractivity contribution in [3.05, 3.63) is 21.9 Å². The second-order valence-corrected chi connectivity index (χ2v) is 6.07. The molecule has 0 saturated heterocycles. The summed E-state index contributed by atoms with van der Waals surface area (Å²) in [4.78, 5) is 6.74. The first-order chi connectivity index (χ1) is 7.30. The molecule has 0 spiro atoms. The molecule has 0 aliphatic heterocycles. The lowest BCUT2D eigenvalue weighted by Gasteiger charge is -2.04. The number of benzene rings is 1. The van der Waals surface area contributed by atoms with Crippen molar-refractivity contribution in [3.8, 4) is 5.75 Å². The predicted octanol–water partition coefficient (Wildman–Crippen LogP) is 4.40. The van der Waals surface area contributed by atoms with E-state index >= 15 is 0 Å². The Labute approximate surface area is 115 Å². The zero-order valence-corrected chi connectivity index (χ0v) is 11.1. The van der Waals surface area contributed by atoms with E-state index in [4.69, 9.17) is 58.0 Å². The highest BCUT2D eigenvalue weighted by atomic mass is 35.6. The molecule has 86 valence electrons. The van der Waals surface area contributed by atoms with Crippen molar-refractivity contribution >= 4 is 69.0 Å². The average Bonchev–Trinajstić information content (AvgIpc) is 2.57. The highest BCUT2D eigenvalue weighted by molar-refractivity contribution is 6.66. The molecule has 0 aliphatic carbocycles. The van der Waals surface area contributed by atoms with Crippen LogP contribution in [0, 0.1) is 0 Å². The fourth-order valence-corrected chi connectivity index (χ4v) is 1.97. The molecular weight excluding hydrogens is 317 g/mol. The summed E-state index contributed by atoms with van der Waals surface area (Å²) >= 11 is 28.6. The van der Waals surface area contributed by atoms with Crippen LogP contribution in [0.15, 0.2) is 6.07 Å². The topological polar surface area (TPSA) is 48.9 Å². The van der Waals surface area contributed by atoms with Gasteiger partial charge in [-0.25, -0.2) is 4.98 Å². The molecule has 2 N–H and O–H groups in total. The minimum atomic E-state index is -1.69. The molecule has 2 aromatic rings. The van der Waals surface area contributed by atoms with Gasteiger partial charge in [-0.1, -0.05) is 58.0 Å². The van der Waals surface area contributed by atoms with Crippen LogP contribution >= 0.6 is 58.0 Å². The normalized spacial score (nSPS) is 12.3. The first kappa shape index (κ1) is 12.4. The van der Waals surface area contributed by atoms with Gasteiger partial charge in [-0.2, -0.15) is 0 Å². The Morgan fingerprint density at radius 1 is 1.25 bits per heavy atom. The van der Waals surface area contributed by atoms with Crippen LogP contribution in [0.25, 0.3) is 11.0 Å². The molecule has 1 heterocycles. The Morgan fingerprint density at radius 2 is 1.88 bits per heavy atom. The molecule has 0 saturated carbocycles. The van der Waals surface area contributed by atoms with Gasteiger partial charge in [-0.15, -0.1) is 0 Å². The van der Waals surface area contributed by atoms with Gasteiger partial charge in [-0.3, -0.25) is 0 Å². The predicted molar refractivity (Wildman–Crippen MR) is 67.0 cm³/mol. The molecule has 0 aliphatic rings. The number of halogens is 5. The van der Waals surface area contributed by atoms with Crippen LogP contribution < -0.4 is 0 Å². The Kier molecular flexibility index (Phi) is 3.10. The third-order valence-corrected chi connectivity index (χ3v) is 3.10. The number of H-pyrrole nitrogens is 1. The Bertz CT molecular complexity index is 560. The van der Waals surface area contributed by atoms with Crippen molar-refractivity contribution in [1.29, 1.82) is 0 Å². The van der Waals surface area contributed by atoms with E-state index in [0.29, 0.717) is 11.0 Å². The van der Waals surface area contributed by atoms with E-state index in [9.17, 15) is 5.11 Å². The van der Waals surface area contributed by atoms with Gasteiger partial charge in [0.25, 0.3) is 0 Å². The maximum Gasteiger partial charge on any atom is 0.248 e. The van der Waals surface area contributed by atoms with E-state index in [0.717, 1.165) is 0 Å². The first-order valence-corrected chi connectivity index (χ1v) is 5.83. The molecule has 0 bridgehead atoms. The fourth-order valence-electron chi connectivity index (χ4n) is 1.20. The van der Waals surface area contributed by atoms with Crippen LogP contribution in [-0.2, 0) is 3.79 Å². The fraction of sp³-hybridized carbons (Fsp3) is 0.125. The number of imidazole rings is 1. The maximum absolute atomic E-state index is 9.50. The summed E-state index contributed by atoms with van der Waals surface area (Å²) in [6.07, 6.45) is 0. The van der Waals surface area contributed by atoms with Gasteiger partial charge < -0.3 is 10.1 Å². The highest BCUT2D eigenvalue weighted by Gasteiger charge is 2.28. The number of aromatic nitrogens is 2. The number of fused-ring (bicyclic) bond motifs is 1. The summed E-state index contributed by atoms with van der Waals surface area (Å²) in [5.41, 5.74) is 0.777. The Morgan fingerprint density at radius 3 is 2.44 bits per heavy atom. The lowest BCUT2D eigenvalue weighted by atomic mass is 10.3. The highest BCUT2D eigenvalue weighted by Crippen LogP contribution is 2.41. The zero-order chi connectivity index (χ0) is 12.1. The number of hydrogen-bond acceptors (Lipinski definition) is 2. The van der Waals surface area contributed by atoms with Crippen molar-refractivity contribution in [1.82, 2.24) is 9.97 Å². The third kappa shape index (κ3) is 2.03. The van der Waals surface area contributed by atoms with Gasteiger partial charge in [0.1, 0.15) is 10.5 Å². The Hall–Kier alpha value is -0.0600. The minimum absolute atomic E-state index is 0.0132. The smallest absolute Gasteiger partial charge is 0.248 e. The first-order valence-electron chi connectivity index (χ1n) is 3.94. The number of aromatic amines is 1. The second-order valence-electron chi connectivity index (χ2n) is 3.00. The Balaban J connectivity index is 2.77. The summed E-state index contributed by atoms with van der Waals surface area (Å²) in [6, 6.07) is 1.45. The van der Waals surface area contributed by atoms with E-state index in [2.05, 4.69) is 9.97 Å². The van der Waals surface area contributed by atoms with Crippen molar-refractivity contribution in [2.24, 2.45) is 0 Å². The SMILES string of the molecule is Oc1c(Cl)cc2[nH]c(C(Cl)(Cl)Cl)nc2c1Cl. The van der Waals surface area contributed by atoms with Crippen molar-refractivity contribution in [2.45, 2.75) is 3.79 Å². The molecule has 3 nitrogen and oxygen atoms in total. The van der Waals surface area contributed by atoms with E-state index in [1.165, 1.54) is 6.07 Å². The van der Waals surface area contributed by atoms with Crippen LogP contribution in [0.4, 0.5) is 0 Å². The van der Waals surface area contributed by atoms with Gasteiger partial charge in [0.15, 0.2) is 11.6 Å². The van der Waals surface area contributed by atoms with Crippen molar-refractivity contribution < 1.29 is 5.11 Å². The van der Waals surface area contributed by atoms with Gasteiger partial charge in [-0.05, 0) is 6.07 Å². The van der Waals surface area contributed by atoms with Gasteiger partial charge in [0, 0.05) is 0 Å². The molecule has 0 radical (unpaired) electrons.